The third-order valence-electron chi connectivity index (χ3n) is 3.35. The average Bonchev–Trinajstić information content (AvgIpc) is 2.02. The summed E-state index contributed by atoms with van der Waals surface area (Å²) in [5.41, 5.74) is -0.186. The van der Waals surface area contributed by atoms with Crippen LogP contribution in [0, 0.1) is 10.8 Å². The van der Waals surface area contributed by atoms with Gasteiger partial charge in [0.1, 0.15) is 5.78 Å². The van der Waals surface area contributed by atoms with Crippen molar-refractivity contribution in [1.29, 1.82) is 0 Å². The van der Waals surface area contributed by atoms with Gasteiger partial charge < -0.3 is 0 Å². The predicted octanol–water partition coefficient (Wildman–Crippen LogP) is 3.98. The van der Waals surface area contributed by atoms with Crippen LogP contribution < -0.4 is 0 Å². The number of carbonyl (C=O) groups excluding carboxylic acids is 1. The molecule has 0 fully saturated rings. The normalized spacial score (nSPS) is 13.6. The molecule has 0 unspecified atom stereocenters. The van der Waals surface area contributed by atoms with Gasteiger partial charge in [0, 0.05) is 11.8 Å². The first-order valence-corrected chi connectivity index (χ1v) is 5.38. The van der Waals surface area contributed by atoms with Gasteiger partial charge in [0.15, 0.2) is 0 Å². The molecular formula is C13H24O. The first kappa shape index (κ1) is 13.4. The van der Waals surface area contributed by atoms with Crippen molar-refractivity contribution < 1.29 is 4.79 Å². The van der Waals surface area contributed by atoms with Crippen LogP contribution in [0.3, 0.4) is 0 Å². The largest absolute Gasteiger partial charge is 0.299 e. The summed E-state index contributed by atoms with van der Waals surface area (Å²) >= 11 is 0. The number of allylic oxidation sites excluding steroid dienone is 2. The van der Waals surface area contributed by atoms with E-state index in [0.29, 0.717) is 12.2 Å². The monoisotopic (exact) mass is 196 g/mol. The molecular weight excluding hydrogens is 172 g/mol. The smallest absolute Gasteiger partial charge is 0.139 e. The number of hydrogen-bond donors (Lipinski definition) is 0. The molecule has 0 aliphatic carbocycles. The molecule has 0 radical (unpaired) electrons. The van der Waals surface area contributed by atoms with Gasteiger partial charge in [-0.2, -0.15) is 0 Å². The minimum absolute atomic E-state index is 0.0417. The van der Waals surface area contributed by atoms with Gasteiger partial charge in [-0.05, 0) is 18.8 Å². The van der Waals surface area contributed by atoms with E-state index in [4.69, 9.17) is 0 Å². The van der Waals surface area contributed by atoms with Crippen molar-refractivity contribution >= 4 is 5.78 Å². The van der Waals surface area contributed by atoms with E-state index in [1.54, 1.807) is 0 Å². The van der Waals surface area contributed by atoms with Gasteiger partial charge in [-0.15, -0.1) is 0 Å². The lowest BCUT2D eigenvalue weighted by atomic mass is 9.66. The van der Waals surface area contributed by atoms with Crippen LogP contribution in [-0.4, -0.2) is 5.78 Å². The third-order valence-corrected chi connectivity index (χ3v) is 3.35. The fourth-order valence-electron chi connectivity index (χ4n) is 1.11. The Bertz CT molecular complexity index is 216. The van der Waals surface area contributed by atoms with Crippen molar-refractivity contribution in [3.8, 4) is 0 Å². The highest BCUT2D eigenvalue weighted by atomic mass is 16.1. The number of rotatable bonds is 4. The highest BCUT2D eigenvalue weighted by molar-refractivity contribution is 5.84. The van der Waals surface area contributed by atoms with E-state index < -0.39 is 0 Å². The summed E-state index contributed by atoms with van der Waals surface area (Å²) in [6, 6.07) is 0. The predicted molar refractivity (Wildman–Crippen MR) is 62.3 cm³/mol. The molecule has 0 rings (SSSR count). The number of carbonyl (C=O) groups is 1. The molecule has 0 N–H and O–H groups in total. The maximum atomic E-state index is 12.0. The van der Waals surface area contributed by atoms with E-state index in [9.17, 15) is 4.79 Å². The van der Waals surface area contributed by atoms with Crippen LogP contribution >= 0.6 is 0 Å². The summed E-state index contributed by atoms with van der Waals surface area (Å²) < 4.78 is 0. The minimum Gasteiger partial charge on any atom is -0.299 e. The second kappa shape index (κ2) is 4.77. The Morgan fingerprint density at radius 1 is 1.14 bits per heavy atom. The Labute approximate surface area is 88.6 Å². The lowest BCUT2D eigenvalue weighted by Gasteiger charge is -2.37. The highest BCUT2D eigenvalue weighted by Gasteiger charge is 2.38. The molecule has 1 heteroatoms. The number of Topliss-reactive ketones (excluding diaryl/α,β-unsaturated/α-hetero) is 1. The molecule has 0 aromatic heterocycles. The standard InChI is InChI=1S/C13H24O/c1-7-8-9-10-11(14)13(5,6)12(2,3)4/h7-8H,9-10H2,1-6H3. The first-order chi connectivity index (χ1) is 6.23. The maximum absolute atomic E-state index is 12.0. The average molecular weight is 196 g/mol. The fraction of sp³-hybridized carbons (Fsp3) is 0.769. The van der Waals surface area contributed by atoms with Crippen LogP contribution in [0.1, 0.15) is 54.4 Å². The maximum Gasteiger partial charge on any atom is 0.139 e. The van der Waals surface area contributed by atoms with Crippen molar-refractivity contribution in [3.63, 3.8) is 0 Å². The Hall–Kier alpha value is -0.590. The minimum atomic E-state index is -0.228. The molecule has 0 spiro atoms. The molecule has 0 atom stereocenters. The van der Waals surface area contributed by atoms with E-state index in [1.165, 1.54) is 0 Å². The molecule has 82 valence electrons. The highest BCUT2D eigenvalue weighted by Crippen LogP contribution is 2.39. The molecule has 0 saturated heterocycles. The Morgan fingerprint density at radius 2 is 1.64 bits per heavy atom. The summed E-state index contributed by atoms with van der Waals surface area (Å²) in [4.78, 5) is 12.0. The quantitative estimate of drug-likeness (QED) is 0.621. The third kappa shape index (κ3) is 3.28. The van der Waals surface area contributed by atoms with Crippen molar-refractivity contribution in [2.45, 2.75) is 54.4 Å². The molecule has 0 heterocycles. The molecule has 0 aliphatic heterocycles. The van der Waals surface area contributed by atoms with E-state index in [-0.39, 0.29) is 10.8 Å². The molecule has 0 bridgehead atoms. The molecule has 0 aliphatic rings. The SMILES string of the molecule is CC=CCCC(=O)C(C)(C)C(C)(C)C. The van der Waals surface area contributed by atoms with Crippen LogP contribution in [0.25, 0.3) is 0 Å². The van der Waals surface area contributed by atoms with Gasteiger partial charge in [-0.1, -0.05) is 46.8 Å². The molecule has 1 nitrogen and oxygen atoms in total. The molecule has 0 aromatic rings. The van der Waals surface area contributed by atoms with Crippen molar-refractivity contribution in [2.75, 3.05) is 0 Å². The Balaban J connectivity index is 4.37. The topological polar surface area (TPSA) is 17.1 Å². The first-order valence-electron chi connectivity index (χ1n) is 5.38. The van der Waals surface area contributed by atoms with Gasteiger partial charge in [-0.25, -0.2) is 0 Å². The van der Waals surface area contributed by atoms with Crippen molar-refractivity contribution in [1.82, 2.24) is 0 Å². The fourth-order valence-corrected chi connectivity index (χ4v) is 1.11. The van der Waals surface area contributed by atoms with Gasteiger partial charge in [-0.3, -0.25) is 4.79 Å². The van der Waals surface area contributed by atoms with Crippen molar-refractivity contribution in [3.05, 3.63) is 12.2 Å². The van der Waals surface area contributed by atoms with E-state index in [2.05, 4.69) is 26.8 Å². The van der Waals surface area contributed by atoms with E-state index in [1.807, 2.05) is 26.8 Å². The van der Waals surface area contributed by atoms with Crippen LogP contribution in [0.4, 0.5) is 0 Å². The van der Waals surface area contributed by atoms with Crippen LogP contribution in [-0.2, 0) is 4.79 Å². The summed E-state index contributed by atoms with van der Waals surface area (Å²) in [5, 5.41) is 0. The second-order valence-electron chi connectivity index (χ2n) is 5.41. The Morgan fingerprint density at radius 3 is 2.00 bits per heavy atom. The summed E-state index contributed by atoms with van der Waals surface area (Å²) in [7, 11) is 0. The lowest BCUT2D eigenvalue weighted by Crippen LogP contribution is -2.37. The van der Waals surface area contributed by atoms with Crippen LogP contribution in [0.15, 0.2) is 12.2 Å². The molecule has 14 heavy (non-hydrogen) atoms. The van der Waals surface area contributed by atoms with E-state index in [0.717, 1.165) is 6.42 Å². The van der Waals surface area contributed by atoms with Gasteiger partial charge in [0.25, 0.3) is 0 Å². The zero-order valence-corrected chi connectivity index (χ0v) is 10.5. The number of hydrogen-bond acceptors (Lipinski definition) is 1. The Kier molecular flexibility index (Phi) is 4.57. The van der Waals surface area contributed by atoms with E-state index >= 15 is 0 Å². The van der Waals surface area contributed by atoms with Gasteiger partial charge >= 0.3 is 0 Å². The van der Waals surface area contributed by atoms with Gasteiger partial charge in [0.2, 0.25) is 0 Å². The summed E-state index contributed by atoms with van der Waals surface area (Å²) in [6.45, 7) is 12.5. The summed E-state index contributed by atoms with van der Waals surface area (Å²) in [6.07, 6.45) is 5.58. The van der Waals surface area contributed by atoms with Crippen LogP contribution in [0.5, 0.6) is 0 Å². The zero-order chi connectivity index (χ0) is 11.4. The number of ketones is 1. The van der Waals surface area contributed by atoms with Crippen molar-refractivity contribution in [2.24, 2.45) is 10.8 Å². The molecule has 0 amide bonds. The molecule has 0 saturated carbocycles. The lowest BCUT2D eigenvalue weighted by molar-refractivity contribution is -0.132. The van der Waals surface area contributed by atoms with Crippen LogP contribution in [0.2, 0.25) is 0 Å². The zero-order valence-electron chi connectivity index (χ0n) is 10.5. The second-order valence-corrected chi connectivity index (χ2v) is 5.41. The van der Waals surface area contributed by atoms with Gasteiger partial charge in [0.05, 0.1) is 0 Å². The summed E-state index contributed by atoms with van der Waals surface area (Å²) in [5.74, 6) is 0.364. The molecule has 0 aromatic carbocycles.